The fourth-order valence-electron chi connectivity index (χ4n) is 0.473. The Kier molecular flexibility index (Phi) is 8.16. The molecule has 14 heavy (non-hydrogen) atoms. The van der Waals surface area contributed by atoms with Crippen LogP contribution in [-0.4, -0.2) is 30.3 Å². The number of aliphatic imine (C=N–C) groups is 1. The van der Waals surface area contributed by atoms with Crippen molar-refractivity contribution in [1.29, 1.82) is 0 Å². The molecule has 0 saturated heterocycles. The molecule has 1 N–H and O–H groups in total. The summed E-state index contributed by atoms with van der Waals surface area (Å²) in [5.41, 5.74) is 0. The van der Waals surface area contributed by atoms with Gasteiger partial charge in [0.2, 0.25) is 0 Å². The van der Waals surface area contributed by atoms with E-state index in [-0.39, 0.29) is 6.61 Å². The maximum absolute atomic E-state index is 9.96. The third-order valence-corrected chi connectivity index (χ3v) is 3.21. The Morgan fingerprint density at radius 3 is 2.86 bits per heavy atom. The van der Waals surface area contributed by atoms with Gasteiger partial charge in [0, 0.05) is 5.75 Å². The molecular weight excluding hydrogens is 222 g/mol. The number of carbonyl (C=O) groups is 1. The zero-order valence-corrected chi connectivity index (χ0v) is 9.14. The van der Waals surface area contributed by atoms with Crippen LogP contribution in [0, 0.1) is 0 Å². The molecule has 0 fully saturated rings. The molecule has 0 saturated carbocycles. The van der Waals surface area contributed by atoms with Crippen LogP contribution in [0.15, 0.2) is 28.8 Å². The maximum atomic E-state index is 9.96. The zero-order chi connectivity index (χ0) is 10.8. The monoisotopic (exact) mass is 233 g/mol. The van der Waals surface area contributed by atoms with E-state index in [0.717, 1.165) is 5.03 Å². The van der Waals surface area contributed by atoms with Gasteiger partial charge in [-0.1, -0.05) is 23.4 Å². The van der Waals surface area contributed by atoms with Crippen molar-refractivity contribution in [2.75, 3.05) is 12.4 Å². The number of carboxylic acid groups (broad SMARTS) is 1. The highest BCUT2D eigenvalue weighted by molar-refractivity contribution is 8.78. The van der Waals surface area contributed by atoms with Crippen molar-refractivity contribution in [3.8, 4) is 0 Å². The first-order valence-corrected chi connectivity index (χ1v) is 5.97. The molecule has 0 aliphatic rings. The van der Waals surface area contributed by atoms with Crippen LogP contribution in [0.25, 0.3) is 0 Å². The molecule has 0 atom stereocenters. The standard InChI is InChI=1S/C8H11NO3S2/c1-3-4-7(9-2)14-13-6-5-12-8(10)11/h3-4H,1-2,5-6H2,(H,10,11)/b7-4+. The molecule has 0 bridgehead atoms. The van der Waals surface area contributed by atoms with E-state index in [1.807, 2.05) is 0 Å². The Bertz CT molecular complexity index is 241. The second-order valence-corrected chi connectivity index (χ2v) is 4.35. The molecule has 0 amide bonds. The Morgan fingerprint density at radius 1 is 1.64 bits per heavy atom. The summed E-state index contributed by atoms with van der Waals surface area (Å²) in [5, 5.41) is 8.90. The summed E-state index contributed by atoms with van der Waals surface area (Å²) in [7, 11) is 2.85. The van der Waals surface area contributed by atoms with Crippen LogP contribution in [0.4, 0.5) is 4.79 Å². The predicted octanol–water partition coefficient (Wildman–Crippen LogP) is 2.79. The number of ether oxygens (including phenoxy) is 1. The summed E-state index contributed by atoms with van der Waals surface area (Å²) in [6.45, 7) is 7.08. The Labute approximate surface area is 90.5 Å². The third-order valence-electron chi connectivity index (χ3n) is 0.953. The van der Waals surface area contributed by atoms with Crippen molar-refractivity contribution in [2.45, 2.75) is 0 Å². The van der Waals surface area contributed by atoms with Gasteiger partial charge in [-0.2, -0.15) is 0 Å². The van der Waals surface area contributed by atoms with Crippen LogP contribution in [0.1, 0.15) is 0 Å². The molecule has 0 rings (SSSR count). The summed E-state index contributed by atoms with van der Waals surface area (Å²) in [6.07, 6.45) is 2.09. The van der Waals surface area contributed by atoms with Crippen molar-refractivity contribution >= 4 is 34.5 Å². The number of hydrogen-bond donors (Lipinski definition) is 1. The lowest BCUT2D eigenvalue weighted by Crippen LogP contribution is -2.02. The molecule has 0 aromatic carbocycles. The van der Waals surface area contributed by atoms with Crippen molar-refractivity contribution in [3.05, 3.63) is 23.8 Å². The minimum Gasteiger partial charge on any atom is -0.450 e. The Balaban J connectivity index is 3.52. The number of hydrogen-bond acceptors (Lipinski definition) is 5. The highest BCUT2D eigenvalue weighted by atomic mass is 33.1. The quantitative estimate of drug-likeness (QED) is 0.241. The summed E-state index contributed by atoms with van der Waals surface area (Å²) in [5.74, 6) is 0.570. The lowest BCUT2D eigenvalue weighted by Gasteiger charge is -2.00. The average Bonchev–Trinajstić information content (AvgIpc) is 2.15. The molecular formula is C8H11NO3S2. The van der Waals surface area contributed by atoms with Gasteiger partial charge in [0.25, 0.3) is 0 Å². The smallest absolute Gasteiger partial charge is 0.450 e. The van der Waals surface area contributed by atoms with Crippen LogP contribution >= 0.6 is 21.6 Å². The highest BCUT2D eigenvalue weighted by Crippen LogP contribution is 2.30. The summed E-state index contributed by atoms with van der Waals surface area (Å²) in [6, 6.07) is 0. The lowest BCUT2D eigenvalue weighted by atomic mass is 10.6. The molecule has 78 valence electrons. The van der Waals surface area contributed by atoms with Crippen LogP contribution < -0.4 is 0 Å². The number of nitrogens with zero attached hydrogens (tertiary/aromatic N) is 1. The van der Waals surface area contributed by atoms with Crippen molar-refractivity contribution < 1.29 is 14.6 Å². The fraction of sp³-hybridized carbons (Fsp3) is 0.250. The summed E-state index contributed by atoms with van der Waals surface area (Å²) < 4.78 is 4.31. The van der Waals surface area contributed by atoms with Gasteiger partial charge >= 0.3 is 6.16 Å². The maximum Gasteiger partial charge on any atom is 0.505 e. The van der Waals surface area contributed by atoms with Gasteiger partial charge in [-0.05, 0) is 23.6 Å². The van der Waals surface area contributed by atoms with Gasteiger partial charge in [0.15, 0.2) is 0 Å². The normalized spacial score (nSPS) is 10.7. The second-order valence-electron chi connectivity index (χ2n) is 1.92. The first-order valence-electron chi connectivity index (χ1n) is 3.65. The van der Waals surface area contributed by atoms with E-state index in [9.17, 15) is 4.79 Å². The minimum absolute atomic E-state index is 0.172. The highest BCUT2D eigenvalue weighted by Gasteiger charge is 1.98. The molecule has 0 aliphatic heterocycles. The van der Waals surface area contributed by atoms with Gasteiger partial charge in [-0.15, -0.1) is 0 Å². The molecule has 0 aromatic rings. The van der Waals surface area contributed by atoms with Crippen molar-refractivity contribution in [1.82, 2.24) is 0 Å². The second kappa shape index (κ2) is 8.71. The van der Waals surface area contributed by atoms with E-state index < -0.39 is 6.16 Å². The van der Waals surface area contributed by atoms with Gasteiger partial charge in [0.05, 0.1) is 0 Å². The molecule has 0 unspecified atom stereocenters. The topological polar surface area (TPSA) is 58.9 Å². The van der Waals surface area contributed by atoms with Gasteiger partial charge in [0.1, 0.15) is 11.6 Å². The Hall–Kier alpha value is -0.880. The molecule has 0 spiro atoms. The minimum atomic E-state index is -1.25. The molecule has 6 heteroatoms. The predicted molar refractivity (Wildman–Crippen MR) is 61.9 cm³/mol. The Morgan fingerprint density at radius 2 is 2.36 bits per heavy atom. The molecule has 4 nitrogen and oxygen atoms in total. The largest absolute Gasteiger partial charge is 0.505 e. The SMILES string of the molecule is C=C/C=C(\N=C)SSCCOC(=O)O. The van der Waals surface area contributed by atoms with Crippen LogP contribution in [0.2, 0.25) is 0 Å². The van der Waals surface area contributed by atoms with Crippen LogP contribution in [-0.2, 0) is 4.74 Å². The van der Waals surface area contributed by atoms with Crippen LogP contribution in [0.3, 0.4) is 0 Å². The van der Waals surface area contributed by atoms with E-state index >= 15 is 0 Å². The molecule has 0 aliphatic carbocycles. The zero-order valence-electron chi connectivity index (χ0n) is 7.51. The van der Waals surface area contributed by atoms with E-state index in [1.165, 1.54) is 21.6 Å². The van der Waals surface area contributed by atoms with Crippen LogP contribution in [0.5, 0.6) is 0 Å². The fourth-order valence-corrected chi connectivity index (χ4v) is 2.17. The molecule has 0 aromatic heterocycles. The van der Waals surface area contributed by atoms with E-state index in [4.69, 9.17) is 5.11 Å². The number of rotatable bonds is 7. The third kappa shape index (κ3) is 7.75. The van der Waals surface area contributed by atoms with Gasteiger partial charge in [-0.3, -0.25) is 4.99 Å². The van der Waals surface area contributed by atoms with Crippen molar-refractivity contribution in [3.63, 3.8) is 0 Å². The lowest BCUT2D eigenvalue weighted by molar-refractivity contribution is 0.0975. The van der Waals surface area contributed by atoms with E-state index in [0.29, 0.717) is 5.75 Å². The molecule has 0 heterocycles. The first kappa shape index (κ1) is 13.1. The van der Waals surface area contributed by atoms with E-state index in [1.54, 1.807) is 12.2 Å². The average molecular weight is 233 g/mol. The molecule has 0 radical (unpaired) electrons. The van der Waals surface area contributed by atoms with Gasteiger partial charge < -0.3 is 9.84 Å². The summed E-state index contributed by atoms with van der Waals surface area (Å²) in [4.78, 5) is 13.7. The summed E-state index contributed by atoms with van der Waals surface area (Å²) >= 11 is 0. The van der Waals surface area contributed by atoms with Gasteiger partial charge in [-0.25, -0.2) is 4.79 Å². The van der Waals surface area contributed by atoms with Crippen molar-refractivity contribution in [2.24, 2.45) is 4.99 Å². The van der Waals surface area contributed by atoms with E-state index in [2.05, 4.69) is 23.0 Å². The first-order chi connectivity index (χ1) is 6.70. The number of allylic oxidation sites excluding steroid dienone is 2.